The van der Waals surface area contributed by atoms with E-state index in [0.29, 0.717) is 17.6 Å². The molecule has 3 rings (SSSR count). The summed E-state index contributed by atoms with van der Waals surface area (Å²) >= 11 is 0. The maximum atomic E-state index is 11.9. The van der Waals surface area contributed by atoms with Crippen LogP contribution in [0.4, 0.5) is 5.69 Å². The molecular weight excluding hydrogens is 344 g/mol. The number of aliphatic hydroxyl groups is 2. The van der Waals surface area contributed by atoms with E-state index in [4.69, 9.17) is 5.73 Å². The lowest BCUT2D eigenvalue weighted by atomic mass is 10.1. The second-order valence-corrected chi connectivity index (χ2v) is 6.63. The number of hydrogen-bond acceptors (Lipinski definition) is 5. The summed E-state index contributed by atoms with van der Waals surface area (Å²) in [6.45, 7) is 3.56. The number of nitrogens with two attached hydrogens (primary N) is 1. The van der Waals surface area contributed by atoms with Gasteiger partial charge in [-0.2, -0.15) is 5.10 Å². The molecule has 0 unspecified atom stereocenters. The molecule has 27 heavy (non-hydrogen) atoms. The van der Waals surface area contributed by atoms with E-state index in [1.54, 1.807) is 4.52 Å². The fraction of sp³-hybridized carbons (Fsp3) is 0.300. The number of carbonyl (C=O) groups excluding carboxylic acids is 1. The molecule has 2 aromatic heterocycles. The molecule has 1 amide bonds. The van der Waals surface area contributed by atoms with Crippen LogP contribution in [0.1, 0.15) is 29.3 Å². The van der Waals surface area contributed by atoms with E-state index in [0.717, 1.165) is 11.1 Å². The number of rotatable bonds is 7. The van der Waals surface area contributed by atoms with Crippen LogP contribution in [0.5, 0.6) is 0 Å². The number of aryl methyl sites for hydroxylation is 1. The Bertz CT molecular complexity index is 950. The molecular formula is C20H24N4O3. The van der Waals surface area contributed by atoms with Crippen LogP contribution < -0.4 is 11.1 Å². The number of aliphatic hydroxyl groups excluding tert-OH is 2. The minimum Gasteiger partial charge on any atom is -0.394 e. The van der Waals surface area contributed by atoms with Gasteiger partial charge in [0.25, 0.3) is 5.91 Å². The second kappa shape index (κ2) is 7.77. The summed E-state index contributed by atoms with van der Waals surface area (Å²) < 4.78 is 1.65. The Hall–Kier alpha value is -2.90. The van der Waals surface area contributed by atoms with Gasteiger partial charge in [0.05, 0.1) is 41.7 Å². The monoisotopic (exact) mass is 368 g/mol. The minimum atomic E-state index is -0.768. The van der Waals surface area contributed by atoms with Crippen LogP contribution in [0.3, 0.4) is 0 Å². The molecule has 0 aliphatic heterocycles. The van der Waals surface area contributed by atoms with Crippen molar-refractivity contribution >= 4 is 17.1 Å². The molecule has 0 bridgehead atoms. The van der Waals surface area contributed by atoms with Crippen molar-refractivity contribution in [1.29, 1.82) is 0 Å². The van der Waals surface area contributed by atoms with Crippen molar-refractivity contribution in [2.45, 2.75) is 32.4 Å². The number of hydrogen-bond donors (Lipinski definition) is 4. The molecule has 1 aromatic carbocycles. The number of carbonyl (C=O) groups is 1. The molecule has 5 N–H and O–H groups in total. The van der Waals surface area contributed by atoms with Crippen molar-refractivity contribution in [3.63, 3.8) is 0 Å². The zero-order valence-electron chi connectivity index (χ0n) is 15.4. The smallest absolute Gasteiger partial charge is 0.252 e. The topological polar surface area (TPSA) is 113 Å². The zero-order valence-corrected chi connectivity index (χ0v) is 15.4. The molecule has 7 heteroatoms. The van der Waals surface area contributed by atoms with Crippen LogP contribution in [0.2, 0.25) is 0 Å². The van der Waals surface area contributed by atoms with E-state index in [1.165, 1.54) is 11.8 Å². The van der Waals surface area contributed by atoms with Crippen molar-refractivity contribution in [3.05, 3.63) is 53.9 Å². The second-order valence-electron chi connectivity index (χ2n) is 6.63. The molecule has 0 spiro atoms. The van der Waals surface area contributed by atoms with Gasteiger partial charge in [0.1, 0.15) is 0 Å². The minimum absolute atomic E-state index is 0.206. The normalized spacial score (nSPS) is 13.5. The van der Waals surface area contributed by atoms with E-state index >= 15 is 0 Å². The molecule has 142 valence electrons. The molecule has 0 aliphatic rings. The van der Waals surface area contributed by atoms with Crippen LogP contribution in [0.25, 0.3) is 16.6 Å². The van der Waals surface area contributed by atoms with Gasteiger partial charge < -0.3 is 21.3 Å². The summed E-state index contributed by atoms with van der Waals surface area (Å²) in [6.07, 6.45) is 2.94. The lowest BCUT2D eigenvalue weighted by Crippen LogP contribution is -2.37. The highest BCUT2D eigenvalue weighted by atomic mass is 16.3. The Morgan fingerprint density at radius 1 is 1.30 bits per heavy atom. The Balaban J connectivity index is 2.12. The van der Waals surface area contributed by atoms with Gasteiger partial charge in [0, 0.05) is 11.8 Å². The summed E-state index contributed by atoms with van der Waals surface area (Å²) in [5.74, 6) is -0.631. The van der Waals surface area contributed by atoms with Gasteiger partial charge in [-0.1, -0.05) is 36.8 Å². The van der Waals surface area contributed by atoms with E-state index in [1.807, 2.05) is 50.4 Å². The predicted molar refractivity (Wildman–Crippen MR) is 105 cm³/mol. The number of nitrogens with one attached hydrogen (secondary N) is 1. The van der Waals surface area contributed by atoms with Crippen LogP contribution in [-0.4, -0.2) is 44.5 Å². The lowest BCUT2D eigenvalue weighted by Gasteiger charge is -2.23. The highest BCUT2D eigenvalue weighted by Gasteiger charge is 2.22. The predicted octanol–water partition coefficient (Wildman–Crippen LogP) is 1.95. The van der Waals surface area contributed by atoms with Crippen molar-refractivity contribution in [2.75, 3.05) is 11.9 Å². The number of fused-ring (bicyclic) bond motifs is 1. The molecule has 0 saturated carbocycles. The van der Waals surface area contributed by atoms with Crippen LogP contribution >= 0.6 is 0 Å². The highest BCUT2D eigenvalue weighted by molar-refractivity contribution is 6.02. The number of nitrogens with zero attached hydrogens (tertiary/aromatic N) is 2. The van der Waals surface area contributed by atoms with Crippen LogP contribution in [0.15, 0.2) is 42.7 Å². The number of benzene rings is 1. The maximum absolute atomic E-state index is 11.9. The molecule has 7 nitrogen and oxygen atoms in total. The molecule has 3 aromatic rings. The van der Waals surface area contributed by atoms with Gasteiger partial charge in [-0.05, 0) is 25.0 Å². The fourth-order valence-electron chi connectivity index (χ4n) is 3.03. The van der Waals surface area contributed by atoms with Crippen molar-refractivity contribution in [2.24, 2.45) is 5.73 Å². The van der Waals surface area contributed by atoms with Gasteiger partial charge in [0.15, 0.2) is 0 Å². The standard InChI is InChI=1S/C20H24N4O3/c1-3-18(26)16(11-25)23-19-15(20(21)27)9-22-24-10-14(8-17(19)24)13-6-4-12(2)5-7-13/h4-10,16,18,23,25-26H,3,11H2,1-2H3,(H2,21,27)/t16-,18-/m1/s1. The van der Waals surface area contributed by atoms with Crippen molar-refractivity contribution < 1.29 is 15.0 Å². The average molecular weight is 368 g/mol. The van der Waals surface area contributed by atoms with Crippen LogP contribution in [0, 0.1) is 6.92 Å². The average Bonchev–Trinajstić information content (AvgIpc) is 3.10. The van der Waals surface area contributed by atoms with E-state index in [2.05, 4.69) is 10.4 Å². The molecule has 0 saturated heterocycles. The largest absolute Gasteiger partial charge is 0.394 e. The van der Waals surface area contributed by atoms with Gasteiger partial charge in [-0.3, -0.25) is 4.79 Å². The third-order valence-electron chi connectivity index (χ3n) is 4.70. The molecule has 2 heterocycles. The Morgan fingerprint density at radius 2 is 2.00 bits per heavy atom. The summed E-state index contributed by atoms with van der Waals surface area (Å²) in [5, 5.41) is 27.1. The van der Waals surface area contributed by atoms with Crippen molar-refractivity contribution in [1.82, 2.24) is 9.61 Å². The first kappa shape index (κ1) is 18.9. The number of amides is 1. The van der Waals surface area contributed by atoms with Crippen molar-refractivity contribution in [3.8, 4) is 11.1 Å². The molecule has 0 radical (unpaired) electrons. The number of aromatic nitrogens is 2. The quantitative estimate of drug-likeness (QED) is 0.509. The summed E-state index contributed by atoms with van der Waals surface area (Å²) in [7, 11) is 0. The Kier molecular flexibility index (Phi) is 5.43. The molecule has 0 aliphatic carbocycles. The Labute approximate surface area is 157 Å². The summed E-state index contributed by atoms with van der Waals surface area (Å²) in [4.78, 5) is 11.9. The first-order chi connectivity index (χ1) is 12.9. The number of anilines is 1. The van der Waals surface area contributed by atoms with E-state index in [9.17, 15) is 15.0 Å². The SMILES string of the molecule is CC[C@@H](O)[C@@H](CO)Nc1c(C(N)=O)cnn2cc(-c3ccc(C)cc3)cc12. The first-order valence-electron chi connectivity index (χ1n) is 8.88. The van der Waals surface area contributed by atoms with Gasteiger partial charge in [-0.15, -0.1) is 0 Å². The fourth-order valence-corrected chi connectivity index (χ4v) is 3.03. The zero-order chi connectivity index (χ0) is 19.6. The molecule has 2 atom stereocenters. The summed E-state index contributed by atoms with van der Waals surface area (Å²) in [6, 6.07) is 9.36. The van der Waals surface area contributed by atoms with Gasteiger partial charge in [0.2, 0.25) is 0 Å². The van der Waals surface area contributed by atoms with Gasteiger partial charge in [-0.25, -0.2) is 4.52 Å². The lowest BCUT2D eigenvalue weighted by molar-refractivity contribution is 0.0997. The Morgan fingerprint density at radius 3 is 2.59 bits per heavy atom. The van der Waals surface area contributed by atoms with Gasteiger partial charge >= 0.3 is 0 Å². The number of primary amides is 1. The summed E-state index contributed by atoms with van der Waals surface area (Å²) in [5.41, 5.74) is 9.93. The third kappa shape index (κ3) is 3.79. The van der Waals surface area contributed by atoms with E-state index in [-0.39, 0.29) is 12.2 Å². The van der Waals surface area contributed by atoms with Crippen LogP contribution in [-0.2, 0) is 0 Å². The van der Waals surface area contributed by atoms with E-state index < -0.39 is 18.1 Å². The highest BCUT2D eigenvalue weighted by Crippen LogP contribution is 2.29. The third-order valence-corrected chi connectivity index (χ3v) is 4.70. The molecule has 0 fully saturated rings. The first-order valence-corrected chi connectivity index (χ1v) is 8.88. The maximum Gasteiger partial charge on any atom is 0.252 e.